The number of carbonyl (C=O) groups excluding carboxylic acids is 2. The highest BCUT2D eigenvalue weighted by Gasteiger charge is 2.43. The first-order valence-corrected chi connectivity index (χ1v) is 12.2. The number of anilines is 1. The Balaban J connectivity index is 1.83. The molecule has 0 aliphatic carbocycles. The number of benzene rings is 3. The van der Waals surface area contributed by atoms with Crippen LogP contribution in [0.4, 0.5) is 10.1 Å². The van der Waals surface area contributed by atoms with E-state index in [2.05, 4.69) is 0 Å². The van der Waals surface area contributed by atoms with E-state index in [-0.39, 0.29) is 29.8 Å². The first-order valence-electron chi connectivity index (χ1n) is 12.2. The van der Waals surface area contributed by atoms with E-state index >= 15 is 0 Å². The SMILES string of the molecule is CCCOc1c2c(c(OCCC)c3ccccc13)C(O)N(c1ccc(CC(=O)OCC)c(F)c1)C2=O. The summed E-state index contributed by atoms with van der Waals surface area (Å²) >= 11 is 0. The molecule has 8 heteroatoms. The summed E-state index contributed by atoms with van der Waals surface area (Å²) in [5, 5.41) is 12.8. The maximum Gasteiger partial charge on any atom is 0.310 e. The highest BCUT2D eigenvalue weighted by Crippen LogP contribution is 2.50. The Morgan fingerprint density at radius 2 is 1.64 bits per heavy atom. The minimum Gasteiger partial charge on any atom is -0.492 e. The monoisotopic (exact) mass is 495 g/mol. The number of nitrogens with zero attached hydrogens (tertiary/aromatic N) is 1. The molecule has 1 heterocycles. The molecule has 1 N–H and O–H groups in total. The lowest BCUT2D eigenvalue weighted by Crippen LogP contribution is -2.28. The number of halogens is 1. The van der Waals surface area contributed by atoms with Gasteiger partial charge in [-0.15, -0.1) is 0 Å². The van der Waals surface area contributed by atoms with Crippen LogP contribution in [0.25, 0.3) is 10.8 Å². The van der Waals surface area contributed by atoms with Crippen LogP contribution in [0.15, 0.2) is 42.5 Å². The van der Waals surface area contributed by atoms with E-state index in [0.717, 1.165) is 29.2 Å². The first-order chi connectivity index (χ1) is 17.4. The number of fused-ring (bicyclic) bond motifs is 2. The number of carbonyl (C=O) groups is 2. The topological polar surface area (TPSA) is 85.3 Å². The Kier molecular flexibility index (Phi) is 7.74. The minimum atomic E-state index is -1.41. The maximum atomic E-state index is 14.9. The van der Waals surface area contributed by atoms with Crippen molar-refractivity contribution in [3.05, 3.63) is 65.0 Å². The zero-order valence-corrected chi connectivity index (χ0v) is 20.7. The third-order valence-corrected chi connectivity index (χ3v) is 5.95. The van der Waals surface area contributed by atoms with E-state index in [4.69, 9.17) is 14.2 Å². The summed E-state index contributed by atoms with van der Waals surface area (Å²) in [6.45, 7) is 6.58. The van der Waals surface area contributed by atoms with Crippen molar-refractivity contribution in [1.29, 1.82) is 0 Å². The molecule has 3 aromatic carbocycles. The van der Waals surface area contributed by atoms with Crippen LogP contribution in [-0.4, -0.2) is 36.8 Å². The van der Waals surface area contributed by atoms with Gasteiger partial charge in [0.15, 0.2) is 6.23 Å². The number of aliphatic hydroxyl groups excluding tert-OH is 1. The molecule has 1 unspecified atom stereocenters. The highest BCUT2D eigenvalue weighted by atomic mass is 19.1. The second-order valence-corrected chi connectivity index (χ2v) is 8.50. The van der Waals surface area contributed by atoms with Crippen LogP contribution in [0.1, 0.15) is 61.3 Å². The smallest absolute Gasteiger partial charge is 0.310 e. The largest absolute Gasteiger partial charge is 0.492 e. The number of aliphatic hydroxyl groups is 1. The standard InChI is InChI=1S/C28H30FNO6/c1-4-13-35-25-19-9-7-8-10-20(19)26(36-14-5-2)24-23(25)27(32)30(28(24)33)18-12-11-17(21(29)16-18)15-22(31)34-6-3/h7-12,16,27,32H,4-6,13-15H2,1-3H3. The average Bonchev–Trinajstić information content (AvgIpc) is 3.12. The second kappa shape index (κ2) is 11.0. The molecule has 3 aromatic rings. The Morgan fingerprint density at radius 1 is 1.00 bits per heavy atom. The predicted octanol–water partition coefficient (Wildman–Crippen LogP) is 5.31. The molecule has 0 saturated carbocycles. The van der Waals surface area contributed by atoms with Crippen molar-refractivity contribution < 1.29 is 33.3 Å². The molecule has 0 radical (unpaired) electrons. The van der Waals surface area contributed by atoms with Crippen molar-refractivity contribution in [3.63, 3.8) is 0 Å². The zero-order chi connectivity index (χ0) is 25.8. The van der Waals surface area contributed by atoms with Gasteiger partial charge in [0, 0.05) is 16.5 Å². The molecular weight excluding hydrogens is 465 g/mol. The first kappa shape index (κ1) is 25.4. The lowest BCUT2D eigenvalue weighted by Gasteiger charge is -2.22. The summed E-state index contributed by atoms with van der Waals surface area (Å²) in [5.74, 6) is -0.956. The number of hydrogen-bond acceptors (Lipinski definition) is 6. The molecule has 0 aromatic heterocycles. The summed E-state index contributed by atoms with van der Waals surface area (Å²) in [4.78, 5) is 26.7. The quantitative estimate of drug-likeness (QED) is 0.384. The molecule has 1 aliphatic heterocycles. The maximum absolute atomic E-state index is 14.9. The number of amides is 1. The summed E-state index contributed by atoms with van der Waals surface area (Å²) in [5.41, 5.74) is 0.798. The zero-order valence-electron chi connectivity index (χ0n) is 20.7. The third kappa shape index (κ3) is 4.60. The molecule has 0 fully saturated rings. The predicted molar refractivity (Wildman–Crippen MR) is 134 cm³/mol. The van der Waals surface area contributed by atoms with E-state index in [1.54, 1.807) is 6.92 Å². The average molecular weight is 496 g/mol. The normalized spacial score (nSPS) is 14.8. The van der Waals surface area contributed by atoms with Crippen LogP contribution in [-0.2, 0) is 16.0 Å². The van der Waals surface area contributed by atoms with Crippen LogP contribution in [0.5, 0.6) is 11.5 Å². The second-order valence-electron chi connectivity index (χ2n) is 8.50. The molecule has 1 aliphatic rings. The van der Waals surface area contributed by atoms with Gasteiger partial charge in [-0.05, 0) is 37.5 Å². The van der Waals surface area contributed by atoms with Crippen molar-refractivity contribution in [2.75, 3.05) is 24.7 Å². The van der Waals surface area contributed by atoms with Gasteiger partial charge in [0.25, 0.3) is 5.91 Å². The van der Waals surface area contributed by atoms with E-state index in [1.807, 2.05) is 38.1 Å². The number of ether oxygens (including phenoxy) is 3. The minimum absolute atomic E-state index is 0.139. The van der Waals surface area contributed by atoms with Gasteiger partial charge in [-0.1, -0.05) is 44.2 Å². The summed E-state index contributed by atoms with van der Waals surface area (Å²) in [7, 11) is 0. The van der Waals surface area contributed by atoms with Gasteiger partial charge in [-0.25, -0.2) is 4.39 Å². The molecular formula is C28H30FNO6. The molecule has 4 rings (SSSR count). The molecule has 7 nitrogen and oxygen atoms in total. The Morgan fingerprint density at radius 3 is 2.25 bits per heavy atom. The van der Waals surface area contributed by atoms with Gasteiger partial charge in [-0.2, -0.15) is 0 Å². The molecule has 0 bridgehead atoms. The van der Waals surface area contributed by atoms with E-state index < -0.39 is 23.9 Å². The lowest BCUT2D eigenvalue weighted by molar-refractivity contribution is -0.142. The van der Waals surface area contributed by atoms with Crippen LogP contribution in [0.2, 0.25) is 0 Å². The van der Waals surface area contributed by atoms with Crippen LogP contribution >= 0.6 is 0 Å². The van der Waals surface area contributed by atoms with Crippen molar-refractivity contribution in [2.45, 2.75) is 46.3 Å². The fraction of sp³-hybridized carbons (Fsp3) is 0.357. The van der Waals surface area contributed by atoms with Gasteiger partial charge >= 0.3 is 5.97 Å². The Hall–Kier alpha value is -3.65. The molecule has 0 spiro atoms. The van der Waals surface area contributed by atoms with Gasteiger partial charge in [-0.3, -0.25) is 14.5 Å². The van der Waals surface area contributed by atoms with Crippen LogP contribution < -0.4 is 14.4 Å². The molecule has 36 heavy (non-hydrogen) atoms. The molecule has 1 amide bonds. The van der Waals surface area contributed by atoms with Gasteiger partial charge in [0.1, 0.15) is 17.3 Å². The lowest BCUT2D eigenvalue weighted by atomic mass is 9.98. The van der Waals surface area contributed by atoms with Gasteiger partial charge < -0.3 is 19.3 Å². The van der Waals surface area contributed by atoms with Crippen LogP contribution in [0.3, 0.4) is 0 Å². The fourth-order valence-corrected chi connectivity index (χ4v) is 4.38. The highest BCUT2D eigenvalue weighted by molar-refractivity contribution is 6.17. The van der Waals surface area contributed by atoms with E-state index in [1.165, 1.54) is 12.1 Å². The van der Waals surface area contributed by atoms with Crippen molar-refractivity contribution >= 4 is 28.3 Å². The molecule has 0 saturated heterocycles. The molecule has 190 valence electrons. The van der Waals surface area contributed by atoms with Gasteiger partial charge in [0.2, 0.25) is 0 Å². The van der Waals surface area contributed by atoms with Crippen molar-refractivity contribution in [1.82, 2.24) is 0 Å². The summed E-state index contributed by atoms with van der Waals surface area (Å²) in [6.07, 6.45) is -0.183. The molecule has 1 atom stereocenters. The Labute approximate surface area is 209 Å². The van der Waals surface area contributed by atoms with Gasteiger partial charge in [0.05, 0.1) is 37.4 Å². The van der Waals surface area contributed by atoms with E-state index in [0.29, 0.717) is 35.7 Å². The van der Waals surface area contributed by atoms with Crippen molar-refractivity contribution in [3.8, 4) is 11.5 Å². The summed E-state index contributed by atoms with van der Waals surface area (Å²) in [6, 6.07) is 11.5. The Bertz CT molecular complexity index is 1290. The summed E-state index contributed by atoms with van der Waals surface area (Å²) < 4.78 is 31.9. The van der Waals surface area contributed by atoms with Crippen LogP contribution in [0, 0.1) is 5.82 Å². The fourth-order valence-electron chi connectivity index (χ4n) is 4.38. The number of hydrogen-bond donors (Lipinski definition) is 1. The third-order valence-electron chi connectivity index (χ3n) is 5.95. The number of rotatable bonds is 10. The number of esters is 1. The van der Waals surface area contributed by atoms with E-state index in [9.17, 15) is 19.1 Å². The van der Waals surface area contributed by atoms with Crippen molar-refractivity contribution in [2.24, 2.45) is 0 Å².